The van der Waals surface area contributed by atoms with E-state index < -0.39 is 0 Å². The van der Waals surface area contributed by atoms with Crippen molar-refractivity contribution in [2.75, 3.05) is 7.11 Å². The standard InChI is InChI=1S/C13H16N2O2/c1-4-9-7-10(5-6-11(9)17-3)12-8(2)14-13(16)15-12/h5-7H,4H2,1-3H3,(H2,14,15,16). The molecular weight excluding hydrogens is 216 g/mol. The predicted molar refractivity (Wildman–Crippen MR) is 67.5 cm³/mol. The summed E-state index contributed by atoms with van der Waals surface area (Å²) in [5.41, 5.74) is 3.64. The van der Waals surface area contributed by atoms with Crippen LogP contribution in [-0.4, -0.2) is 17.1 Å². The molecule has 0 aliphatic rings. The van der Waals surface area contributed by atoms with E-state index >= 15 is 0 Å². The Morgan fingerprint density at radius 1 is 1.29 bits per heavy atom. The molecule has 0 atom stereocenters. The molecule has 1 aromatic carbocycles. The van der Waals surface area contributed by atoms with Crippen molar-refractivity contribution in [3.05, 3.63) is 39.9 Å². The molecule has 2 aromatic rings. The maximum absolute atomic E-state index is 11.2. The number of H-pyrrole nitrogens is 2. The fraction of sp³-hybridized carbons (Fsp3) is 0.308. The minimum absolute atomic E-state index is 0.175. The predicted octanol–water partition coefficient (Wildman–Crippen LogP) is 2.25. The van der Waals surface area contributed by atoms with Crippen molar-refractivity contribution in [2.45, 2.75) is 20.3 Å². The van der Waals surface area contributed by atoms with Gasteiger partial charge in [0.2, 0.25) is 0 Å². The van der Waals surface area contributed by atoms with E-state index in [0.717, 1.165) is 34.7 Å². The van der Waals surface area contributed by atoms with Crippen molar-refractivity contribution in [3.63, 3.8) is 0 Å². The van der Waals surface area contributed by atoms with E-state index in [1.54, 1.807) is 7.11 Å². The van der Waals surface area contributed by atoms with Gasteiger partial charge in [-0.15, -0.1) is 0 Å². The van der Waals surface area contributed by atoms with Gasteiger partial charge in [0.15, 0.2) is 0 Å². The number of rotatable bonds is 3. The normalized spacial score (nSPS) is 10.5. The third-order valence-corrected chi connectivity index (χ3v) is 2.86. The van der Waals surface area contributed by atoms with Gasteiger partial charge >= 0.3 is 5.69 Å². The summed E-state index contributed by atoms with van der Waals surface area (Å²) in [5.74, 6) is 0.881. The Morgan fingerprint density at radius 2 is 2.06 bits per heavy atom. The summed E-state index contributed by atoms with van der Waals surface area (Å²) >= 11 is 0. The molecule has 0 spiro atoms. The van der Waals surface area contributed by atoms with E-state index in [4.69, 9.17) is 4.74 Å². The van der Waals surface area contributed by atoms with Crippen molar-refractivity contribution < 1.29 is 4.74 Å². The van der Waals surface area contributed by atoms with Crippen molar-refractivity contribution in [2.24, 2.45) is 0 Å². The molecule has 1 aromatic heterocycles. The topological polar surface area (TPSA) is 57.9 Å². The number of aromatic amines is 2. The number of nitrogens with one attached hydrogen (secondary N) is 2. The number of aromatic nitrogens is 2. The molecular formula is C13H16N2O2. The highest BCUT2D eigenvalue weighted by atomic mass is 16.5. The number of ether oxygens (including phenoxy) is 1. The Hall–Kier alpha value is -1.97. The van der Waals surface area contributed by atoms with Gasteiger partial charge in [0.05, 0.1) is 12.8 Å². The molecule has 0 fully saturated rings. The fourth-order valence-corrected chi connectivity index (χ4v) is 1.97. The molecule has 0 bridgehead atoms. The minimum atomic E-state index is -0.175. The van der Waals surface area contributed by atoms with Crippen LogP contribution in [0, 0.1) is 6.92 Å². The summed E-state index contributed by atoms with van der Waals surface area (Å²) in [6.07, 6.45) is 0.894. The molecule has 2 rings (SSSR count). The molecule has 0 radical (unpaired) electrons. The molecule has 0 aliphatic carbocycles. The highest BCUT2D eigenvalue weighted by Crippen LogP contribution is 2.26. The number of hydrogen-bond donors (Lipinski definition) is 2. The zero-order chi connectivity index (χ0) is 12.4. The van der Waals surface area contributed by atoms with Gasteiger partial charge in [-0.3, -0.25) is 0 Å². The average Bonchev–Trinajstić information content (AvgIpc) is 2.67. The Labute approximate surface area is 99.7 Å². The average molecular weight is 232 g/mol. The van der Waals surface area contributed by atoms with Gasteiger partial charge in [0, 0.05) is 11.3 Å². The van der Waals surface area contributed by atoms with Gasteiger partial charge in [0.25, 0.3) is 0 Å². The molecule has 0 saturated carbocycles. The minimum Gasteiger partial charge on any atom is -0.496 e. The Kier molecular flexibility index (Phi) is 3.04. The maximum Gasteiger partial charge on any atom is 0.323 e. The molecule has 1 heterocycles. The summed E-state index contributed by atoms with van der Waals surface area (Å²) in [4.78, 5) is 16.8. The number of aryl methyl sites for hydroxylation is 2. The summed E-state index contributed by atoms with van der Waals surface area (Å²) in [6, 6.07) is 5.92. The van der Waals surface area contributed by atoms with Crippen LogP contribution in [0.3, 0.4) is 0 Å². The fourth-order valence-electron chi connectivity index (χ4n) is 1.97. The molecule has 0 unspecified atom stereocenters. The first-order valence-corrected chi connectivity index (χ1v) is 5.62. The second kappa shape index (κ2) is 4.49. The van der Waals surface area contributed by atoms with Crippen molar-refractivity contribution >= 4 is 0 Å². The van der Waals surface area contributed by atoms with Crippen molar-refractivity contribution in [1.29, 1.82) is 0 Å². The van der Waals surface area contributed by atoms with Gasteiger partial charge in [0.1, 0.15) is 5.75 Å². The third-order valence-electron chi connectivity index (χ3n) is 2.86. The monoisotopic (exact) mass is 232 g/mol. The van der Waals surface area contributed by atoms with E-state index in [1.165, 1.54) is 0 Å². The van der Waals surface area contributed by atoms with Gasteiger partial charge < -0.3 is 14.7 Å². The first-order chi connectivity index (χ1) is 8.15. The highest BCUT2D eigenvalue weighted by Gasteiger charge is 2.08. The van der Waals surface area contributed by atoms with Crippen LogP contribution in [-0.2, 0) is 6.42 Å². The third kappa shape index (κ3) is 2.11. The van der Waals surface area contributed by atoms with E-state index in [9.17, 15) is 4.79 Å². The molecule has 90 valence electrons. The lowest BCUT2D eigenvalue weighted by molar-refractivity contribution is 0.410. The van der Waals surface area contributed by atoms with Gasteiger partial charge in [-0.25, -0.2) is 4.79 Å². The lowest BCUT2D eigenvalue weighted by Gasteiger charge is -2.08. The zero-order valence-corrected chi connectivity index (χ0v) is 10.3. The molecule has 0 amide bonds. The number of benzene rings is 1. The lowest BCUT2D eigenvalue weighted by atomic mass is 10.0. The second-order valence-electron chi connectivity index (χ2n) is 3.96. The molecule has 4 nitrogen and oxygen atoms in total. The first kappa shape index (κ1) is 11.5. The number of imidazole rings is 1. The molecule has 17 heavy (non-hydrogen) atoms. The first-order valence-electron chi connectivity index (χ1n) is 5.62. The second-order valence-corrected chi connectivity index (χ2v) is 3.96. The number of hydrogen-bond acceptors (Lipinski definition) is 2. The van der Waals surface area contributed by atoms with Gasteiger partial charge in [-0.2, -0.15) is 0 Å². The van der Waals surface area contributed by atoms with Gasteiger partial charge in [-0.05, 0) is 37.1 Å². The molecule has 0 aliphatic heterocycles. The summed E-state index contributed by atoms with van der Waals surface area (Å²) < 4.78 is 5.28. The van der Waals surface area contributed by atoms with Crippen LogP contribution in [0.5, 0.6) is 5.75 Å². The van der Waals surface area contributed by atoms with Crippen LogP contribution in [0.4, 0.5) is 0 Å². The van der Waals surface area contributed by atoms with E-state index in [0.29, 0.717) is 0 Å². The zero-order valence-electron chi connectivity index (χ0n) is 10.3. The van der Waals surface area contributed by atoms with Crippen LogP contribution in [0.15, 0.2) is 23.0 Å². The van der Waals surface area contributed by atoms with E-state index in [1.807, 2.05) is 25.1 Å². The van der Waals surface area contributed by atoms with Crippen molar-refractivity contribution in [3.8, 4) is 17.0 Å². The Bertz CT molecular complexity index is 581. The largest absolute Gasteiger partial charge is 0.496 e. The highest BCUT2D eigenvalue weighted by molar-refractivity contribution is 5.64. The van der Waals surface area contributed by atoms with E-state index in [-0.39, 0.29) is 5.69 Å². The molecule has 2 N–H and O–H groups in total. The van der Waals surface area contributed by atoms with Crippen LogP contribution >= 0.6 is 0 Å². The SMILES string of the molecule is CCc1cc(-c2[nH]c(=O)[nH]c2C)ccc1OC. The van der Waals surface area contributed by atoms with Crippen LogP contribution in [0.1, 0.15) is 18.2 Å². The van der Waals surface area contributed by atoms with Crippen LogP contribution < -0.4 is 10.4 Å². The Morgan fingerprint density at radius 3 is 2.59 bits per heavy atom. The van der Waals surface area contributed by atoms with Crippen LogP contribution in [0.2, 0.25) is 0 Å². The van der Waals surface area contributed by atoms with Crippen molar-refractivity contribution in [1.82, 2.24) is 9.97 Å². The molecule has 4 heteroatoms. The van der Waals surface area contributed by atoms with Gasteiger partial charge in [-0.1, -0.05) is 6.92 Å². The smallest absolute Gasteiger partial charge is 0.323 e. The summed E-state index contributed by atoms with van der Waals surface area (Å²) in [5, 5.41) is 0. The maximum atomic E-state index is 11.2. The van der Waals surface area contributed by atoms with E-state index in [2.05, 4.69) is 16.9 Å². The van der Waals surface area contributed by atoms with Crippen LogP contribution in [0.25, 0.3) is 11.3 Å². The molecule has 0 saturated heterocycles. The Balaban J connectivity index is 2.53. The summed E-state index contributed by atoms with van der Waals surface area (Å²) in [6.45, 7) is 3.96. The number of methoxy groups -OCH3 is 1. The quantitative estimate of drug-likeness (QED) is 0.852. The lowest BCUT2D eigenvalue weighted by Crippen LogP contribution is -2.00. The summed E-state index contributed by atoms with van der Waals surface area (Å²) in [7, 11) is 1.66.